The van der Waals surface area contributed by atoms with Crippen LogP contribution < -0.4 is 15.5 Å². The summed E-state index contributed by atoms with van der Waals surface area (Å²) in [6.07, 6.45) is 6.62. The van der Waals surface area contributed by atoms with Gasteiger partial charge in [0.05, 0.1) is 46.2 Å². The Kier molecular flexibility index (Phi) is 5.85. The van der Waals surface area contributed by atoms with Crippen LogP contribution in [0, 0.1) is 5.82 Å². The lowest BCUT2D eigenvalue weighted by Crippen LogP contribution is -2.26. The van der Waals surface area contributed by atoms with E-state index < -0.39 is 0 Å². The third kappa shape index (κ3) is 4.17. The van der Waals surface area contributed by atoms with Crippen molar-refractivity contribution >= 4 is 27.8 Å². The topological polar surface area (TPSA) is 84.7 Å². The lowest BCUT2D eigenvalue weighted by molar-refractivity contribution is 0.614. The zero-order chi connectivity index (χ0) is 26.6. The molecule has 3 aliphatic heterocycles. The first-order chi connectivity index (χ1) is 19.7. The molecule has 0 aliphatic carbocycles. The first-order valence-corrected chi connectivity index (χ1v) is 14.7. The second-order valence-electron chi connectivity index (χ2n) is 11.6. The molecule has 3 aliphatic rings. The standard InChI is InChI=1S/C32H34FN7/c33-21-7-9-22(10-8-21)40-29(19-5-11-23-27(17-19)38-31(36-23)25-3-1-15-34-25)13-14-30(40)20-6-12-24-28(18-20)39-32(37-24)26-4-2-16-35-26/h5-12,17-18,25-26,29-30,34-35H,1-4,13-16H2,(H,36,38)(H,37,39). The van der Waals surface area contributed by atoms with E-state index in [1.807, 2.05) is 12.1 Å². The third-order valence-corrected chi connectivity index (χ3v) is 9.11. The number of halogens is 1. The molecular formula is C32H34FN7. The number of rotatable bonds is 5. The van der Waals surface area contributed by atoms with Crippen LogP contribution in [0.5, 0.6) is 0 Å². The zero-order valence-corrected chi connectivity index (χ0v) is 22.5. The fourth-order valence-corrected chi connectivity index (χ4v) is 7.10. The maximum atomic E-state index is 14.0. The number of H-pyrrole nitrogens is 2. The summed E-state index contributed by atoms with van der Waals surface area (Å²) in [6.45, 7) is 2.10. The first kappa shape index (κ1) is 24.1. The molecule has 5 aromatic rings. The monoisotopic (exact) mass is 535 g/mol. The number of anilines is 1. The minimum absolute atomic E-state index is 0.165. The van der Waals surface area contributed by atoms with Crippen molar-refractivity contribution in [2.45, 2.75) is 62.7 Å². The average molecular weight is 536 g/mol. The van der Waals surface area contributed by atoms with Crippen LogP contribution in [-0.4, -0.2) is 33.0 Å². The minimum atomic E-state index is -0.215. The summed E-state index contributed by atoms with van der Waals surface area (Å²) in [5, 5.41) is 7.09. The molecule has 40 heavy (non-hydrogen) atoms. The molecule has 8 rings (SSSR count). The quantitative estimate of drug-likeness (QED) is 0.206. The van der Waals surface area contributed by atoms with Gasteiger partial charge in [0.25, 0.3) is 0 Å². The van der Waals surface area contributed by atoms with Crippen LogP contribution in [0.15, 0.2) is 60.7 Å². The summed E-state index contributed by atoms with van der Waals surface area (Å²) in [5.74, 6) is 1.85. The van der Waals surface area contributed by atoms with Crippen molar-refractivity contribution in [1.82, 2.24) is 30.6 Å². The first-order valence-electron chi connectivity index (χ1n) is 14.7. The smallest absolute Gasteiger partial charge is 0.124 e. The lowest BCUT2D eigenvalue weighted by atomic mass is 10.0. The van der Waals surface area contributed by atoms with Crippen molar-refractivity contribution in [3.05, 3.63) is 89.3 Å². The Bertz CT molecular complexity index is 1560. The highest BCUT2D eigenvalue weighted by Gasteiger charge is 2.36. The fraction of sp³-hybridized carbons (Fsp3) is 0.375. The van der Waals surface area contributed by atoms with Crippen molar-refractivity contribution in [2.75, 3.05) is 18.0 Å². The van der Waals surface area contributed by atoms with Crippen LogP contribution in [-0.2, 0) is 0 Å². The third-order valence-electron chi connectivity index (χ3n) is 9.11. The van der Waals surface area contributed by atoms with Gasteiger partial charge in [-0.3, -0.25) is 0 Å². The SMILES string of the molecule is Fc1ccc(N2C(c3ccc4[nH]c(C5CCCN5)nc4c3)CCC2c2ccc3[nH]c(C4CCCN4)nc3c2)cc1. The van der Waals surface area contributed by atoms with Gasteiger partial charge in [0, 0.05) is 5.69 Å². The number of fused-ring (bicyclic) bond motifs is 2. The molecule has 3 saturated heterocycles. The van der Waals surface area contributed by atoms with Gasteiger partial charge in [-0.2, -0.15) is 0 Å². The van der Waals surface area contributed by atoms with Crippen molar-refractivity contribution in [2.24, 2.45) is 0 Å². The van der Waals surface area contributed by atoms with Crippen molar-refractivity contribution in [3.8, 4) is 0 Å². The Balaban J connectivity index is 1.16. The number of hydrogen-bond donors (Lipinski definition) is 4. The number of nitrogens with one attached hydrogen (secondary N) is 4. The van der Waals surface area contributed by atoms with Gasteiger partial charge in [-0.25, -0.2) is 14.4 Å². The molecular weight excluding hydrogens is 501 g/mol. The van der Waals surface area contributed by atoms with E-state index in [0.717, 1.165) is 78.2 Å². The Labute approximate surface area is 232 Å². The predicted molar refractivity (Wildman–Crippen MR) is 156 cm³/mol. The molecule has 7 nitrogen and oxygen atoms in total. The van der Waals surface area contributed by atoms with Gasteiger partial charge in [-0.15, -0.1) is 0 Å². The zero-order valence-electron chi connectivity index (χ0n) is 22.5. The van der Waals surface area contributed by atoms with Crippen LogP contribution in [0.1, 0.15) is 85.5 Å². The van der Waals surface area contributed by atoms with Gasteiger partial charge in [0.2, 0.25) is 0 Å². The normalized spacial score (nSPS) is 25.1. The van der Waals surface area contributed by atoms with Gasteiger partial charge >= 0.3 is 0 Å². The Morgan fingerprint density at radius 3 is 1.65 bits per heavy atom. The second-order valence-corrected chi connectivity index (χ2v) is 11.6. The predicted octanol–water partition coefficient (Wildman–Crippen LogP) is 6.51. The molecule has 0 spiro atoms. The van der Waals surface area contributed by atoms with E-state index in [0.29, 0.717) is 12.1 Å². The summed E-state index contributed by atoms with van der Waals surface area (Å²) in [4.78, 5) is 19.5. The summed E-state index contributed by atoms with van der Waals surface area (Å²) in [6, 6.07) is 21.2. The molecule has 204 valence electrons. The molecule has 4 unspecified atom stereocenters. The molecule has 0 radical (unpaired) electrons. The fourth-order valence-electron chi connectivity index (χ4n) is 7.10. The van der Waals surface area contributed by atoms with E-state index in [1.165, 1.54) is 24.0 Å². The van der Waals surface area contributed by atoms with E-state index in [4.69, 9.17) is 9.97 Å². The molecule has 0 bridgehead atoms. The summed E-state index contributed by atoms with van der Waals surface area (Å²) in [7, 11) is 0. The number of aromatic nitrogens is 4. The second kappa shape index (κ2) is 9.71. The van der Waals surface area contributed by atoms with Crippen LogP contribution >= 0.6 is 0 Å². The number of nitrogens with zero attached hydrogens (tertiary/aromatic N) is 3. The van der Waals surface area contributed by atoms with Crippen molar-refractivity contribution in [3.63, 3.8) is 0 Å². The van der Waals surface area contributed by atoms with E-state index in [1.54, 1.807) is 12.1 Å². The Morgan fingerprint density at radius 2 is 1.18 bits per heavy atom. The van der Waals surface area contributed by atoms with Gasteiger partial charge in [0.1, 0.15) is 17.5 Å². The van der Waals surface area contributed by atoms with Gasteiger partial charge < -0.3 is 25.5 Å². The molecule has 0 amide bonds. The maximum absolute atomic E-state index is 14.0. The average Bonchev–Trinajstić information content (AvgIpc) is 3.81. The molecule has 2 aromatic heterocycles. The summed E-state index contributed by atoms with van der Waals surface area (Å²) < 4.78 is 14.0. The highest BCUT2D eigenvalue weighted by Crippen LogP contribution is 2.47. The van der Waals surface area contributed by atoms with Gasteiger partial charge in [-0.1, -0.05) is 12.1 Å². The Hall–Kier alpha value is -3.75. The maximum Gasteiger partial charge on any atom is 0.124 e. The van der Waals surface area contributed by atoms with Gasteiger partial charge in [-0.05, 0) is 111 Å². The van der Waals surface area contributed by atoms with Crippen LogP contribution in [0.25, 0.3) is 22.1 Å². The highest BCUT2D eigenvalue weighted by atomic mass is 19.1. The molecule has 3 fully saturated rings. The lowest BCUT2D eigenvalue weighted by Gasteiger charge is -2.33. The molecule has 5 heterocycles. The van der Waals surface area contributed by atoms with Crippen LogP contribution in [0.3, 0.4) is 0 Å². The highest BCUT2D eigenvalue weighted by molar-refractivity contribution is 5.78. The summed E-state index contributed by atoms with van der Waals surface area (Å²) >= 11 is 0. The molecule has 8 heteroatoms. The largest absolute Gasteiger partial charge is 0.357 e. The van der Waals surface area contributed by atoms with Crippen LogP contribution in [0.4, 0.5) is 10.1 Å². The van der Waals surface area contributed by atoms with E-state index in [9.17, 15) is 4.39 Å². The van der Waals surface area contributed by atoms with E-state index in [2.05, 4.69) is 61.9 Å². The van der Waals surface area contributed by atoms with Crippen molar-refractivity contribution < 1.29 is 4.39 Å². The number of benzene rings is 3. The minimum Gasteiger partial charge on any atom is -0.357 e. The van der Waals surface area contributed by atoms with Crippen LogP contribution in [0.2, 0.25) is 0 Å². The van der Waals surface area contributed by atoms with Crippen molar-refractivity contribution in [1.29, 1.82) is 0 Å². The molecule has 4 atom stereocenters. The number of aromatic amines is 2. The Morgan fingerprint density at radius 1 is 0.650 bits per heavy atom. The number of hydrogen-bond acceptors (Lipinski definition) is 5. The molecule has 3 aromatic carbocycles. The van der Waals surface area contributed by atoms with Gasteiger partial charge in [0.15, 0.2) is 0 Å². The molecule has 4 N–H and O–H groups in total. The number of imidazole rings is 2. The summed E-state index contributed by atoms with van der Waals surface area (Å²) in [5.41, 5.74) is 7.69. The molecule has 0 saturated carbocycles. The van der Waals surface area contributed by atoms with E-state index in [-0.39, 0.29) is 17.9 Å². The van der Waals surface area contributed by atoms with E-state index >= 15 is 0 Å².